The molecule has 0 bridgehead atoms. The van der Waals surface area contributed by atoms with Crippen LogP contribution in [-0.2, 0) is 10.2 Å². The van der Waals surface area contributed by atoms with Gasteiger partial charge in [0.2, 0.25) is 0 Å². The van der Waals surface area contributed by atoms with Gasteiger partial charge in [0.05, 0.1) is 0 Å². The molecule has 0 unspecified atom stereocenters. The predicted octanol–water partition coefficient (Wildman–Crippen LogP) is 2.55. The number of carbonyl (C=O) groups is 1. The van der Waals surface area contributed by atoms with Crippen LogP contribution in [-0.4, -0.2) is 6.29 Å². The van der Waals surface area contributed by atoms with Gasteiger partial charge >= 0.3 is 0 Å². The summed E-state index contributed by atoms with van der Waals surface area (Å²) in [5, 5.41) is 0. The van der Waals surface area contributed by atoms with Gasteiger partial charge in [0.1, 0.15) is 6.29 Å². The molecule has 0 aliphatic rings. The molecule has 0 N–H and O–H groups in total. The molecule has 1 heteroatoms. The summed E-state index contributed by atoms with van der Waals surface area (Å²) in [6, 6.07) is 9.89. The van der Waals surface area contributed by atoms with Gasteiger partial charge in [-0.15, -0.1) is 0 Å². The second-order valence-electron chi connectivity index (χ2n) is 3.25. The molecule has 0 saturated heterocycles. The summed E-state index contributed by atoms with van der Waals surface area (Å²) in [6.07, 6.45) is 1.88. The van der Waals surface area contributed by atoms with Crippen molar-refractivity contribution in [2.75, 3.05) is 0 Å². The first-order valence-electron chi connectivity index (χ1n) is 4.25. The Hall–Kier alpha value is -1.11. The van der Waals surface area contributed by atoms with E-state index in [2.05, 4.69) is 0 Å². The quantitative estimate of drug-likeness (QED) is 0.624. The lowest BCUT2D eigenvalue weighted by Crippen LogP contribution is -2.22. The van der Waals surface area contributed by atoms with Crippen LogP contribution in [0, 0.1) is 0 Å². The van der Waals surface area contributed by atoms with Crippen LogP contribution in [0.5, 0.6) is 0 Å². The number of rotatable bonds is 3. The lowest BCUT2D eigenvalue weighted by molar-refractivity contribution is -0.112. The largest absolute Gasteiger partial charge is 0.302 e. The molecular formula is C11H14O. The topological polar surface area (TPSA) is 17.1 Å². The molecule has 64 valence electrons. The van der Waals surface area contributed by atoms with Gasteiger partial charge in [-0.3, -0.25) is 0 Å². The van der Waals surface area contributed by atoms with E-state index in [4.69, 9.17) is 0 Å². The Morgan fingerprint density at radius 3 is 2.33 bits per heavy atom. The molecule has 1 nitrogen and oxygen atoms in total. The smallest absolute Gasteiger partial charge is 0.130 e. The van der Waals surface area contributed by atoms with E-state index in [1.54, 1.807) is 0 Å². The first-order valence-corrected chi connectivity index (χ1v) is 4.25. The molecule has 0 heterocycles. The van der Waals surface area contributed by atoms with E-state index in [1.807, 2.05) is 44.2 Å². The van der Waals surface area contributed by atoms with Crippen LogP contribution in [0.15, 0.2) is 30.3 Å². The van der Waals surface area contributed by atoms with Crippen molar-refractivity contribution in [3.63, 3.8) is 0 Å². The monoisotopic (exact) mass is 162 g/mol. The highest BCUT2D eigenvalue weighted by atomic mass is 16.1. The molecule has 0 spiro atoms. The first kappa shape index (κ1) is 8.98. The molecule has 0 aliphatic heterocycles. The number of aldehydes is 1. The predicted molar refractivity (Wildman–Crippen MR) is 50.1 cm³/mol. The molecule has 1 atom stereocenters. The number of hydrogen-bond donors (Lipinski definition) is 0. The highest BCUT2D eigenvalue weighted by molar-refractivity contribution is 5.67. The van der Waals surface area contributed by atoms with E-state index in [-0.39, 0.29) is 5.41 Å². The van der Waals surface area contributed by atoms with Gasteiger partial charge in [0, 0.05) is 5.41 Å². The van der Waals surface area contributed by atoms with Gasteiger partial charge in [-0.25, -0.2) is 0 Å². The zero-order chi connectivity index (χ0) is 9.03. The Bertz CT molecular complexity index is 253. The number of hydrogen-bond acceptors (Lipinski definition) is 1. The maximum atomic E-state index is 10.9. The van der Waals surface area contributed by atoms with E-state index in [1.165, 1.54) is 0 Å². The van der Waals surface area contributed by atoms with Crippen LogP contribution in [0.1, 0.15) is 25.8 Å². The van der Waals surface area contributed by atoms with Crippen LogP contribution < -0.4 is 0 Å². The summed E-state index contributed by atoms with van der Waals surface area (Å²) in [4.78, 5) is 10.9. The maximum Gasteiger partial charge on any atom is 0.130 e. The van der Waals surface area contributed by atoms with E-state index >= 15 is 0 Å². The minimum absolute atomic E-state index is 0.304. The second-order valence-corrected chi connectivity index (χ2v) is 3.25. The molecule has 0 saturated carbocycles. The molecule has 12 heavy (non-hydrogen) atoms. The lowest BCUT2D eigenvalue weighted by atomic mass is 9.82. The van der Waals surface area contributed by atoms with Crippen molar-refractivity contribution in [1.82, 2.24) is 0 Å². The average molecular weight is 162 g/mol. The third kappa shape index (κ3) is 1.55. The van der Waals surface area contributed by atoms with E-state index < -0.39 is 0 Å². The summed E-state index contributed by atoms with van der Waals surface area (Å²) in [5.74, 6) is 0. The molecule has 0 aliphatic carbocycles. The zero-order valence-electron chi connectivity index (χ0n) is 7.58. The van der Waals surface area contributed by atoms with Crippen molar-refractivity contribution in [2.45, 2.75) is 25.7 Å². The average Bonchev–Trinajstić information content (AvgIpc) is 2.18. The summed E-state index contributed by atoms with van der Waals surface area (Å²) in [5.41, 5.74) is 0.795. The van der Waals surface area contributed by atoms with E-state index in [0.717, 1.165) is 18.3 Å². The normalized spacial score (nSPS) is 15.2. The third-order valence-electron chi connectivity index (χ3n) is 2.43. The minimum atomic E-state index is -0.304. The van der Waals surface area contributed by atoms with Crippen molar-refractivity contribution >= 4 is 6.29 Å². The van der Waals surface area contributed by atoms with Crippen molar-refractivity contribution in [2.24, 2.45) is 0 Å². The zero-order valence-corrected chi connectivity index (χ0v) is 7.58. The van der Waals surface area contributed by atoms with Crippen LogP contribution in [0.4, 0.5) is 0 Å². The van der Waals surface area contributed by atoms with Gasteiger partial charge in [0.15, 0.2) is 0 Å². The van der Waals surface area contributed by atoms with Gasteiger partial charge in [-0.2, -0.15) is 0 Å². The molecule has 0 radical (unpaired) electrons. The number of benzene rings is 1. The summed E-state index contributed by atoms with van der Waals surface area (Å²) in [6.45, 7) is 4.00. The van der Waals surface area contributed by atoms with E-state index in [9.17, 15) is 4.79 Å². The number of carbonyl (C=O) groups excluding carboxylic acids is 1. The highest BCUT2D eigenvalue weighted by Gasteiger charge is 2.22. The maximum absolute atomic E-state index is 10.9. The fourth-order valence-corrected chi connectivity index (χ4v) is 1.17. The fraction of sp³-hybridized carbons (Fsp3) is 0.364. The Morgan fingerprint density at radius 2 is 1.92 bits per heavy atom. The van der Waals surface area contributed by atoms with Crippen LogP contribution in [0.25, 0.3) is 0 Å². The molecule has 0 fully saturated rings. The van der Waals surface area contributed by atoms with Crippen molar-refractivity contribution in [3.05, 3.63) is 35.9 Å². The second kappa shape index (κ2) is 3.53. The first-order chi connectivity index (χ1) is 5.73. The standard InChI is InChI=1S/C11H14O/c1-3-11(2,9-12)10-7-5-4-6-8-10/h4-9H,3H2,1-2H3/t11-/m1/s1. The van der Waals surface area contributed by atoms with Crippen molar-refractivity contribution in [3.8, 4) is 0 Å². The Morgan fingerprint density at radius 1 is 1.33 bits per heavy atom. The molecule has 0 aromatic heterocycles. The summed E-state index contributed by atoms with van der Waals surface area (Å²) < 4.78 is 0. The molecule has 1 aromatic carbocycles. The molecular weight excluding hydrogens is 148 g/mol. The summed E-state index contributed by atoms with van der Waals surface area (Å²) in [7, 11) is 0. The third-order valence-corrected chi connectivity index (χ3v) is 2.43. The SMILES string of the molecule is CC[C@](C)(C=O)c1ccccc1. The van der Waals surface area contributed by atoms with Gasteiger partial charge < -0.3 is 4.79 Å². The molecule has 0 amide bonds. The Kier molecular flexibility index (Phi) is 2.64. The minimum Gasteiger partial charge on any atom is -0.302 e. The lowest BCUT2D eigenvalue weighted by Gasteiger charge is -2.20. The van der Waals surface area contributed by atoms with Gasteiger partial charge in [-0.1, -0.05) is 37.3 Å². The molecule has 1 rings (SSSR count). The highest BCUT2D eigenvalue weighted by Crippen LogP contribution is 2.24. The van der Waals surface area contributed by atoms with Crippen LogP contribution in [0.2, 0.25) is 0 Å². The van der Waals surface area contributed by atoms with Crippen LogP contribution >= 0.6 is 0 Å². The van der Waals surface area contributed by atoms with Crippen molar-refractivity contribution in [1.29, 1.82) is 0 Å². The van der Waals surface area contributed by atoms with Crippen molar-refractivity contribution < 1.29 is 4.79 Å². The Labute approximate surface area is 73.4 Å². The summed E-state index contributed by atoms with van der Waals surface area (Å²) >= 11 is 0. The van der Waals surface area contributed by atoms with Gasteiger partial charge in [-0.05, 0) is 18.9 Å². The van der Waals surface area contributed by atoms with E-state index in [0.29, 0.717) is 0 Å². The fourth-order valence-electron chi connectivity index (χ4n) is 1.17. The molecule has 1 aromatic rings. The van der Waals surface area contributed by atoms with Crippen LogP contribution in [0.3, 0.4) is 0 Å². The van der Waals surface area contributed by atoms with Gasteiger partial charge in [0.25, 0.3) is 0 Å². The Balaban J connectivity index is 3.03.